The Labute approximate surface area is 257 Å². The van der Waals surface area contributed by atoms with Crippen molar-refractivity contribution < 1.29 is 15.0 Å². The van der Waals surface area contributed by atoms with Gasteiger partial charge in [0.05, 0.1) is 40.7 Å². The third-order valence-corrected chi connectivity index (χ3v) is 9.12. The largest absolute Gasteiger partial charge is 0.481 e. The molecule has 0 spiro atoms. The number of rotatable bonds is 8. The number of hydrogen-bond donors (Lipinski definition) is 2. The summed E-state index contributed by atoms with van der Waals surface area (Å²) < 4.78 is 3.81. The molecule has 0 radical (unpaired) electrons. The maximum absolute atomic E-state index is 11.7. The van der Waals surface area contributed by atoms with Gasteiger partial charge in [0.25, 0.3) is 0 Å². The van der Waals surface area contributed by atoms with Crippen molar-refractivity contribution in [2.45, 2.75) is 66.0 Å². The van der Waals surface area contributed by atoms with Crippen LogP contribution in [0.25, 0.3) is 27.8 Å². The molecule has 1 fully saturated rings. The average Bonchev–Trinajstić information content (AvgIpc) is 3.58. The molecule has 1 aliphatic heterocycles. The van der Waals surface area contributed by atoms with Gasteiger partial charge in [0.1, 0.15) is 5.82 Å². The first-order chi connectivity index (χ1) is 21.1. The maximum atomic E-state index is 11.7. The number of aromatic nitrogens is 5. The second kappa shape index (κ2) is 11.5. The minimum absolute atomic E-state index is 0.230. The van der Waals surface area contributed by atoms with Crippen LogP contribution in [0.15, 0.2) is 66.9 Å². The van der Waals surface area contributed by atoms with Crippen LogP contribution in [0.5, 0.6) is 0 Å². The zero-order valence-electron chi connectivity index (χ0n) is 26.0. The summed E-state index contributed by atoms with van der Waals surface area (Å²) >= 11 is 0. The molecule has 9 nitrogen and oxygen atoms in total. The molecule has 1 unspecified atom stereocenters. The van der Waals surface area contributed by atoms with E-state index in [1.165, 1.54) is 5.56 Å². The van der Waals surface area contributed by atoms with Crippen LogP contribution >= 0.6 is 0 Å². The van der Waals surface area contributed by atoms with Gasteiger partial charge >= 0.3 is 5.97 Å². The molecule has 9 heteroatoms. The Hall–Kier alpha value is -4.50. The summed E-state index contributed by atoms with van der Waals surface area (Å²) in [6.45, 7) is 12.0. The van der Waals surface area contributed by atoms with Gasteiger partial charge in [-0.25, -0.2) is 9.67 Å². The van der Waals surface area contributed by atoms with Gasteiger partial charge in [-0.1, -0.05) is 56.3 Å². The summed E-state index contributed by atoms with van der Waals surface area (Å²) in [5.41, 5.74) is 6.97. The number of hydrogen-bond acceptors (Lipinski definition) is 6. The molecule has 5 aromatic rings. The fraction of sp³-hybridized carbons (Fsp3) is 0.371. The lowest BCUT2D eigenvalue weighted by molar-refractivity contribution is -0.149. The Morgan fingerprint density at radius 3 is 2.36 bits per heavy atom. The highest BCUT2D eigenvalue weighted by Gasteiger charge is 2.37. The molecule has 0 bridgehead atoms. The number of piperidine rings is 1. The zero-order chi connectivity index (χ0) is 31.2. The Morgan fingerprint density at radius 1 is 0.977 bits per heavy atom. The van der Waals surface area contributed by atoms with Crippen LogP contribution in [0.4, 0.5) is 5.82 Å². The Balaban J connectivity index is 1.33. The number of aliphatic hydroxyl groups excluding tert-OH is 1. The second-order valence-corrected chi connectivity index (χ2v) is 12.6. The molecule has 6 rings (SSSR count). The number of carboxylic acid groups (broad SMARTS) is 1. The smallest absolute Gasteiger partial charge is 0.309 e. The number of fused-ring (bicyclic) bond motifs is 1. The second-order valence-electron chi connectivity index (χ2n) is 12.6. The predicted molar refractivity (Wildman–Crippen MR) is 172 cm³/mol. The lowest BCUT2D eigenvalue weighted by Crippen LogP contribution is -2.43. The van der Waals surface area contributed by atoms with Crippen LogP contribution in [0.2, 0.25) is 0 Å². The zero-order valence-corrected chi connectivity index (χ0v) is 26.0. The summed E-state index contributed by atoms with van der Waals surface area (Å²) in [5, 5.41) is 31.4. The first-order valence-electron chi connectivity index (χ1n) is 15.3. The minimum Gasteiger partial charge on any atom is -0.481 e. The number of aliphatic hydroxyl groups is 1. The summed E-state index contributed by atoms with van der Waals surface area (Å²) in [5.74, 6) is 0.367. The standard InChI is InChI=1S/C35H40N6O3/c1-22(2)32-24(4)41(29-14-15-31(36-23(29)3)39-18-16-35(5,17-19-39)34(43)44)38-33(32)26-12-9-13-28-27(26)20-40(37-28)21-30(42)25-10-7-6-8-11-25/h6-15,20,22,30,42H,16-19,21H2,1-5H3,(H,43,44). The van der Waals surface area contributed by atoms with E-state index < -0.39 is 17.5 Å². The maximum Gasteiger partial charge on any atom is 0.309 e. The molecule has 1 atom stereocenters. The van der Waals surface area contributed by atoms with E-state index in [9.17, 15) is 15.0 Å². The van der Waals surface area contributed by atoms with Crippen molar-refractivity contribution in [3.8, 4) is 16.9 Å². The third-order valence-electron chi connectivity index (χ3n) is 9.12. The summed E-state index contributed by atoms with van der Waals surface area (Å²) in [6.07, 6.45) is 2.53. The third kappa shape index (κ3) is 5.36. The number of aryl methyl sites for hydroxylation is 1. The normalized spacial score (nSPS) is 15.7. The summed E-state index contributed by atoms with van der Waals surface area (Å²) in [7, 11) is 0. The number of carboxylic acids is 1. The number of pyridine rings is 1. The lowest BCUT2D eigenvalue weighted by atomic mass is 9.80. The van der Waals surface area contributed by atoms with Crippen LogP contribution in [-0.2, 0) is 11.3 Å². The lowest BCUT2D eigenvalue weighted by Gasteiger charge is -2.37. The van der Waals surface area contributed by atoms with Crippen molar-refractivity contribution in [3.05, 3.63) is 89.4 Å². The van der Waals surface area contributed by atoms with E-state index in [1.807, 2.05) is 77.9 Å². The van der Waals surface area contributed by atoms with Crippen LogP contribution in [0, 0.1) is 19.3 Å². The van der Waals surface area contributed by atoms with E-state index in [0.29, 0.717) is 32.5 Å². The molecule has 0 amide bonds. The van der Waals surface area contributed by atoms with Gasteiger partial charge in [0, 0.05) is 41.5 Å². The Kier molecular flexibility index (Phi) is 7.75. The first-order valence-corrected chi connectivity index (χ1v) is 15.3. The first kappa shape index (κ1) is 29.6. The van der Waals surface area contributed by atoms with Crippen LogP contribution < -0.4 is 4.90 Å². The molecule has 0 saturated carbocycles. The van der Waals surface area contributed by atoms with Gasteiger partial charge in [0.2, 0.25) is 0 Å². The number of aliphatic carboxylic acids is 1. The van der Waals surface area contributed by atoms with E-state index in [1.54, 1.807) is 0 Å². The molecular weight excluding hydrogens is 552 g/mol. The molecular formula is C35H40N6O3. The molecule has 0 aliphatic carbocycles. The van der Waals surface area contributed by atoms with Crippen molar-refractivity contribution in [2.75, 3.05) is 18.0 Å². The van der Waals surface area contributed by atoms with Gasteiger partial charge in [-0.15, -0.1) is 0 Å². The van der Waals surface area contributed by atoms with Crippen molar-refractivity contribution in [3.63, 3.8) is 0 Å². The van der Waals surface area contributed by atoms with E-state index in [2.05, 4.69) is 37.8 Å². The van der Waals surface area contributed by atoms with Crippen molar-refractivity contribution >= 4 is 22.7 Å². The molecule has 44 heavy (non-hydrogen) atoms. The fourth-order valence-electron chi connectivity index (χ4n) is 6.37. The number of nitrogens with zero attached hydrogens (tertiary/aromatic N) is 6. The SMILES string of the molecule is Cc1nc(N2CCC(C)(C(=O)O)CC2)ccc1-n1nc(-c2cccc3nn(CC(O)c4ccccc4)cc23)c(C(C)C)c1C. The summed E-state index contributed by atoms with van der Waals surface area (Å²) in [4.78, 5) is 18.8. The van der Waals surface area contributed by atoms with Crippen molar-refractivity contribution in [2.24, 2.45) is 5.41 Å². The molecule has 3 aromatic heterocycles. The molecule has 228 valence electrons. The van der Waals surface area contributed by atoms with E-state index in [-0.39, 0.29) is 5.92 Å². The van der Waals surface area contributed by atoms with Crippen LogP contribution in [0.1, 0.15) is 68.1 Å². The topological polar surface area (TPSA) is 109 Å². The van der Waals surface area contributed by atoms with Gasteiger partial charge in [-0.05, 0) is 63.3 Å². The summed E-state index contributed by atoms with van der Waals surface area (Å²) in [6, 6.07) is 19.8. The van der Waals surface area contributed by atoms with Crippen molar-refractivity contribution in [1.29, 1.82) is 0 Å². The fourth-order valence-corrected chi connectivity index (χ4v) is 6.37. The van der Waals surface area contributed by atoms with Gasteiger partial charge in [-0.2, -0.15) is 10.2 Å². The molecule has 1 saturated heterocycles. The quantitative estimate of drug-likeness (QED) is 0.213. The number of carbonyl (C=O) groups is 1. The van der Waals surface area contributed by atoms with E-state index in [4.69, 9.17) is 15.2 Å². The Morgan fingerprint density at radius 2 is 1.70 bits per heavy atom. The highest BCUT2D eigenvalue weighted by Crippen LogP contribution is 2.37. The predicted octanol–water partition coefficient (Wildman–Crippen LogP) is 6.45. The van der Waals surface area contributed by atoms with Gasteiger partial charge < -0.3 is 15.1 Å². The highest BCUT2D eigenvalue weighted by molar-refractivity contribution is 5.94. The van der Waals surface area contributed by atoms with Crippen LogP contribution in [-0.4, -0.2) is 53.8 Å². The molecule has 2 aromatic carbocycles. The minimum atomic E-state index is -0.727. The van der Waals surface area contributed by atoms with Crippen molar-refractivity contribution in [1.82, 2.24) is 24.5 Å². The van der Waals surface area contributed by atoms with E-state index in [0.717, 1.165) is 50.6 Å². The number of anilines is 1. The Bertz CT molecular complexity index is 1820. The highest BCUT2D eigenvalue weighted by atomic mass is 16.4. The molecule has 1 aliphatic rings. The van der Waals surface area contributed by atoms with Gasteiger partial charge in [-0.3, -0.25) is 9.48 Å². The number of benzene rings is 2. The molecule has 4 heterocycles. The van der Waals surface area contributed by atoms with Gasteiger partial charge in [0.15, 0.2) is 0 Å². The molecule has 2 N–H and O–H groups in total. The monoisotopic (exact) mass is 592 g/mol. The van der Waals surface area contributed by atoms with Crippen LogP contribution in [0.3, 0.4) is 0 Å². The van der Waals surface area contributed by atoms with E-state index >= 15 is 0 Å². The average molecular weight is 593 g/mol.